The second-order valence-corrected chi connectivity index (χ2v) is 13.1. The highest BCUT2D eigenvalue weighted by atomic mass is 16.7. The Balaban J connectivity index is 1.25. The lowest BCUT2D eigenvalue weighted by Gasteiger charge is -2.43. The number of hydrogen-bond donors (Lipinski definition) is 3. The summed E-state index contributed by atoms with van der Waals surface area (Å²) >= 11 is 0. The number of hydrogen-bond acceptors (Lipinski definition) is 6. The number of carbonyl (C=O) groups excluding carboxylic acids is 2. The van der Waals surface area contributed by atoms with E-state index in [1.165, 1.54) is 26.2 Å². The van der Waals surface area contributed by atoms with Gasteiger partial charge >= 0.3 is 0 Å². The van der Waals surface area contributed by atoms with E-state index < -0.39 is 6.29 Å². The molecular formula is C39H51N3O5. The molecule has 2 heterocycles. The van der Waals surface area contributed by atoms with Gasteiger partial charge in [-0.2, -0.15) is 0 Å². The highest BCUT2D eigenvalue weighted by Gasteiger charge is 2.39. The number of rotatable bonds is 14. The fourth-order valence-electron chi connectivity index (χ4n) is 6.59. The molecule has 2 amide bonds. The number of ether oxygens (including phenoxy) is 2. The van der Waals surface area contributed by atoms with Gasteiger partial charge < -0.3 is 30.1 Å². The summed E-state index contributed by atoms with van der Waals surface area (Å²) < 4.78 is 13.5. The van der Waals surface area contributed by atoms with Crippen LogP contribution >= 0.6 is 0 Å². The number of benzene rings is 3. The zero-order valence-electron chi connectivity index (χ0n) is 28.0. The highest BCUT2D eigenvalue weighted by molar-refractivity contribution is 5.76. The van der Waals surface area contributed by atoms with Crippen LogP contribution < -0.4 is 10.6 Å². The third-order valence-electron chi connectivity index (χ3n) is 9.37. The van der Waals surface area contributed by atoms with Crippen LogP contribution in [0.15, 0.2) is 72.8 Å². The lowest BCUT2D eigenvalue weighted by atomic mass is 9.89. The molecule has 0 aromatic heterocycles. The quantitative estimate of drug-likeness (QED) is 0.175. The summed E-state index contributed by atoms with van der Waals surface area (Å²) in [4.78, 5) is 26.0. The first-order valence-electron chi connectivity index (χ1n) is 17.3. The summed E-state index contributed by atoms with van der Waals surface area (Å²) in [6, 6.07) is 24.8. The molecule has 3 aromatic rings. The van der Waals surface area contributed by atoms with E-state index in [0.29, 0.717) is 19.5 Å². The number of carbonyl (C=O) groups is 2. The summed E-state index contributed by atoms with van der Waals surface area (Å²) in [6.07, 6.45) is 6.20. The number of amides is 2. The van der Waals surface area contributed by atoms with E-state index in [4.69, 9.17) is 9.47 Å². The lowest BCUT2D eigenvalue weighted by molar-refractivity contribution is -0.276. The lowest BCUT2D eigenvalue weighted by Crippen LogP contribution is -2.45. The van der Waals surface area contributed by atoms with E-state index in [2.05, 4.69) is 71.0 Å². The Kier molecular flexibility index (Phi) is 13.0. The molecule has 5 rings (SSSR count). The summed E-state index contributed by atoms with van der Waals surface area (Å²) in [7, 11) is 0. The zero-order chi connectivity index (χ0) is 33.0. The number of aliphatic hydroxyl groups is 1. The Bertz CT molecular complexity index is 1440. The number of unbranched alkanes of at least 4 members (excludes halogenated alkanes) is 2. The topological polar surface area (TPSA) is 100 Å². The fourth-order valence-corrected chi connectivity index (χ4v) is 6.59. The molecule has 47 heavy (non-hydrogen) atoms. The zero-order valence-corrected chi connectivity index (χ0v) is 28.0. The maximum atomic E-state index is 12.4. The number of likely N-dealkylation sites (tertiary alicyclic amines) is 1. The van der Waals surface area contributed by atoms with Crippen molar-refractivity contribution in [2.75, 3.05) is 26.2 Å². The molecule has 8 nitrogen and oxygen atoms in total. The van der Waals surface area contributed by atoms with E-state index >= 15 is 0 Å². The van der Waals surface area contributed by atoms with Gasteiger partial charge in [-0.15, -0.1) is 0 Å². The molecule has 3 aromatic carbocycles. The normalized spacial score (nSPS) is 21.7. The van der Waals surface area contributed by atoms with Crippen molar-refractivity contribution in [1.29, 1.82) is 0 Å². The minimum absolute atomic E-state index is 0.0159. The van der Waals surface area contributed by atoms with Crippen molar-refractivity contribution in [3.63, 3.8) is 0 Å². The largest absolute Gasteiger partial charge is 0.392 e. The highest BCUT2D eigenvalue weighted by Crippen LogP contribution is 2.42. The van der Waals surface area contributed by atoms with E-state index in [1.807, 2.05) is 24.3 Å². The second kappa shape index (κ2) is 17.6. The van der Waals surface area contributed by atoms with Gasteiger partial charge in [0.15, 0.2) is 6.29 Å². The average Bonchev–Trinajstić information content (AvgIpc) is 3.10. The molecule has 0 bridgehead atoms. The molecule has 0 saturated carbocycles. The third-order valence-corrected chi connectivity index (χ3v) is 9.37. The maximum Gasteiger partial charge on any atom is 0.220 e. The van der Waals surface area contributed by atoms with Crippen molar-refractivity contribution in [2.45, 2.75) is 90.4 Å². The molecule has 4 atom stereocenters. The van der Waals surface area contributed by atoms with Crippen LogP contribution in [0.5, 0.6) is 0 Å². The van der Waals surface area contributed by atoms with Gasteiger partial charge in [0.05, 0.1) is 18.8 Å². The molecule has 2 aliphatic rings. The summed E-state index contributed by atoms with van der Waals surface area (Å²) in [6.45, 7) is 8.00. The summed E-state index contributed by atoms with van der Waals surface area (Å²) in [5, 5.41) is 15.4. The third kappa shape index (κ3) is 10.2. The van der Waals surface area contributed by atoms with Crippen LogP contribution in [0.2, 0.25) is 0 Å². The van der Waals surface area contributed by atoms with Gasteiger partial charge in [-0.1, -0.05) is 80.4 Å². The van der Waals surface area contributed by atoms with Gasteiger partial charge in [-0.05, 0) is 78.7 Å². The van der Waals surface area contributed by atoms with Crippen LogP contribution in [-0.4, -0.2) is 54.1 Å². The maximum absolute atomic E-state index is 12.4. The molecule has 2 fully saturated rings. The smallest absolute Gasteiger partial charge is 0.220 e. The standard InChI is InChI=1S/C39H51N3O5/c1-28-36(26-42-21-7-4-8-22-42)46-39(47-38(28)32-18-16-30(27-43)17-19-32)35-14-10-13-34(24-35)33-12-9-11-31(23-33)25-41-37(45)15-5-3-6-20-40-29(2)44/h9-14,16-19,23-24,28,36,38-39,43H,3-8,15,20-22,25-27H2,1-2H3,(H,40,44)(H,41,45). The molecule has 8 heteroatoms. The van der Waals surface area contributed by atoms with Gasteiger partial charge in [0.2, 0.25) is 11.8 Å². The molecule has 0 aliphatic carbocycles. The van der Waals surface area contributed by atoms with E-state index in [-0.39, 0.29) is 36.5 Å². The Morgan fingerprint density at radius 1 is 0.830 bits per heavy atom. The predicted octanol–water partition coefficient (Wildman–Crippen LogP) is 6.44. The van der Waals surface area contributed by atoms with Crippen molar-refractivity contribution in [2.24, 2.45) is 5.92 Å². The molecule has 0 spiro atoms. The summed E-state index contributed by atoms with van der Waals surface area (Å²) in [5.74, 6) is 0.179. The van der Waals surface area contributed by atoms with Gasteiger partial charge in [0.1, 0.15) is 0 Å². The van der Waals surface area contributed by atoms with Crippen LogP contribution in [0.4, 0.5) is 0 Å². The van der Waals surface area contributed by atoms with Crippen LogP contribution in [0.3, 0.4) is 0 Å². The van der Waals surface area contributed by atoms with E-state index in [0.717, 1.165) is 72.3 Å². The van der Waals surface area contributed by atoms with Crippen molar-refractivity contribution in [3.8, 4) is 11.1 Å². The first-order valence-corrected chi connectivity index (χ1v) is 17.3. The van der Waals surface area contributed by atoms with Crippen molar-refractivity contribution in [3.05, 3.63) is 95.1 Å². The predicted molar refractivity (Wildman–Crippen MR) is 184 cm³/mol. The van der Waals surface area contributed by atoms with Crippen LogP contribution in [0.1, 0.15) is 93.4 Å². The first-order chi connectivity index (χ1) is 22.9. The number of aliphatic hydroxyl groups excluding tert-OH is 1. The van der Waals surface area contributed by atoms with Gasteiger partial charge in [-0.3, -0.25) is 9.59 Å². The van der Waals surface area contributed by atoms with Crippen molar-refractivity contribution >= 4 is 11.8 Å². The number of nitrogens with one attached hydrogen (secondary N) is 2. The van der Waals surface area contributed by atoms with Crippen LogP contribution in [-0.2, 0) is 32.2 Å². The van der Waals surface area contributed by atoms with Crippen molar-refractivity contribution < 1.29 is 24.2 Å². The average molecular weight is 642 g/mol. The SMILES string of the molecule is CC(=O)NCCCCCC(=O)NCc1cccc(-c2cccc(C3OC(CN4CCCCC4)C(C)C(c4ccc(CO)cc4)O3)c2)c1. The number of piperidine rings is 1. The van der Waals surface area contributed by atoms with E-state index in [9.17, 15) is 14.7 Å². The van der Waals surface area contributed by atoms with E-state index in [1.54, 1.807) is 0 Å². The van der Waals surface area contributed by atoms with Crippen molar-refractivity contribution in [1.82, 2.24) is 15.5 Å². The monoisotopic (exact) mass is 641 g/mol. The molecule has 4 unspecified atom stereocenters. The van der Waals surface area contributed by atoms with Gasteiger partial charge in [-0.25, -0.2) is 0 Å². The van der Waals surface area contributed by atoms with Gasteiger partial charge in [0, 0.05) is 44.5 Å². The molecule has 2 aliphatic heterocycles. The summed E-state index contributed by atoms with van der Waals surface area (Å²) in [5.41, 5.74) is 6.15. The Hall–Kier alpha value is -3.56. The Morgan fingerprint density at radius 2 is 1.57 bits per heavy atom. The first kappa shape index (κ1) is 34.8. The molecule has 3 N–H and O–H groups in total. The molecular weight excluding hydrogens is 590 g/mol. The fraction of sp³-hybridized carbons (Fsp3) is 0.487. The van der Waals surface area contributed by atoms with Crippen LogP contribution in [0.25, 0.3) is 11.1 Å². The van der Waals surface area contributed by atoms with Gasteiger partial charge in [0.25, 0.3) is 0 Å². The number of nitrogens with zero attached hydrogens (tertiary/aromatic N) is 1. The Morgan fingerprint density at radius 3 is 2.32 bits per heavy atom. The molecule has 2 saturated heterocycles. The minimum Gasteiger partial charge on any atom is -0.392 e. The molecule has 0 radical (unpaired) electrons. The minimum atomic E-state index is -0.510. The van der Waals surface area contributed by atoms with Crippen LogP contribution in [0, 0.1) is 5.92 Å². The molecule has 252 valence electrons. The Labute approximate surface area is 279 Å². The second-order valence-electron chi connectivity index (χ2n) is 13.1.